The molecule has 3 heterocycles. The number of ether oxygens (including phenoxy) is 2. The van der Waals surface area contributed by atoms with Gasteiger partial charge in [-0.25, -0.2) is 18.4 Å². The summed E-state index contributed by atoms with van der Waals surface area (Å²) in [5.74, 6) is -0.347. The summed E-state index contributed by atoms with van der Waals surface area (Å²) < 4.78 is 27.9. The van der Waals surface area contributed by atoms with Gasteiger partial charge >= 0.3 is 5.69 Å². The highest BCUT2D eigenvalue weighted by molar-refractivity contribution is 7.21. The van der Waals surface area contributed by atoms with Crippen molar-refractivity contribution in [1.29, 1.82) is 0 Å². The van der Waals surface area contributed by atoms with Gasteiger partial charge in [0.15, 0.2) is 0 Å². The predicted octanol–water partition coefficient (Wildman–Crippen LogP) is 2.82. The Bertz CT molecular complexity index is 1590. The van der Waals surface area contributed by atoms with Crippen LogP contribution in [0.15, 0.2) is 46.2 Å². The molecule has 0 aliphatic carbocycles. The van der Waals surface area contributed by atoms with Gasteiger partial charge in [0, 0.05) is 37.7 Å². The largest absolute Gasteiger partial charge is 0.496 e. The van der Waals surface area contributed by atoms with Crippen molar-refractivity contribution in [2.75, 3.05) is 27.4 Å². The molecule has 3 aromatic heterocycles. The first-order valence-corrected chi connectivity index (χ1v) is 13.9. The Morgan fingerprint density at radius 3 is 2.51 bits per heavy atom. The quantitative estimate of drug-likeness (QED) is 0.291. The van der Waals surface area contributed by atoms with E-state index in [0.717, 1.165) is 4.57 Å². The van der Waals surface area contributed by atoms with Gasteiger partial charge in [-0.3, -0.25) is 14.2 Å². The van der Waals surface area contributed by atoms with E-state index < -0.39 is 29.0 Å². The molecule has 1 unspecified atom stereocenters. The Hall–Kier alpha value is -3.81. The van der Waals surface area contributed by atoms with E-state index in [1.165, 1.54) is 48.1 Å². The minimum Gasteiger partial charge on any atom is -0.496 e. The zero-order valence-electron chi connectivity index (χ0n) is 24.0. The van der Waals surface area contributed by atoms with Gasteiger partial charge in [-0.05, 0) is 63.9 Å². The second-order valence-electron chi connectivity index (χ2n) is 9.53. The van der Waals surface area contributed by atoms with Crippen molar-refractivity contribution >= 4 is 27.5 Å². The fraction of sp³-hybridized carbons (Fsp3) is 0.429. The molecule has 0 aliphatic rings. The third kappa shape index (κ3) is 7.10. The van der Waals surface area contributed by atoms with Gasteiger partial charge in [0.2, 0.25) is 5.91 Å². The van der Waals surface area contributed by atoms with Crippen LogP contribution in [0, 0.1) is 12.7 Å². The summed E-state index contributed by atoms with van der Waals surface area (Å²) in [5, 5.41) is 16.0. The van der Waals surface area contributed by atoms with Crippen LogP contribution < -0.4 is 21.3 Å². The first kappa shape index (κ1) is 31.7. The number of halogens is 1. The Kier molecular flexibility index (Phi) is 11.0. The molecular weight excluding hydrogens is 553 g/mol. The van der Waals surface area contributed by atoms with E-state index in [1.54, 1.807) is 51.0 Å². The van der Waals surface area contributed by atoms with E-state index in [9.17, 15) is 18.8 Å². The highest BCUT2D eigenvalue weighted by Gasteiger charge is 2.26. The van der Waals surface area contributed by atoms with Gasteiger partial charge in [0.25, 0.3) is 5.56 Å². The minimum absolute atomic E-state index is 0.122. The molecule has 1 atom stereocenters. The Morgan fingerprint density at radius 2 is 1.95 bits per heavy atom. The maximum atomic E-state index is 13.9. The second kappa shape index (κ2) is 14.2. The Morgan fingerprint density at radius 1 is 1.22 bits per heavy atom. The van der Waals surface area contributed by atoms with Crippen molar-refractivity contribution in [3.8, 4) is 10.8 Å². The summed E-state index contributed by atoms with van der Waals surface area (Å²) >= 11 is 1.27. The monoisotopic (exact) mass is 589 g/mol. The highest BCUT2D eigenvalue weighted by Crippen LogP contribution is 2.31. The summed E-state index contributed by atoms with van der Waals surface area (Å²) in [6.07, 6.45) is 3.66. The molecule has 0 fully saturated rings. The standard InChI is InChI=1S/C25H28FN5O4S.C3H8O2/c1-14(2)28-21(32)16(4)31-22(33)20-15(3)23(30-11-6-10-27-30)36-24(20)29(25(31)34)12-9-17-13-18(26)7-8-19(17)35-5;1-5-3-2-4/h6-8,10-11,13-14,16H,9,12H2,1-5H3,(H,28,32);4H,2-3H2,1H3. The number of aromatic nitrogens is 4. The van der Waals surface area contributed by atoms with Crippen LogP contribution in [-0.4, -0.2) is 63.4 Å². The van der Waals surface area contributed by atoms with Crippen LogP contribution >= 0.6 is 11.3 Å². The zero-order chi connectivity index (χ0) is 30.3. The fourth-order valence-corrected chi connectivity index (χ4v) is 5.55. The second-order valence-corrected chi connectivity index (χ2v) is 10.5. The number of aryl methyl sites for hydroxylation is 3. The number of carbonyl (C=O) groups excluding carboxylic acids is 1. The van der Waals surface area contributed by atoms with Crippen LogP contribution in [0.2, 0.25) is 0 Å². The van der Waals surface area contributed by atoms with Crippen molar-refractivity contribution in [3.63, 3.8) is 0 Å². The summed E-state index contributed by atoms with van der Waals surface area (Å²) in [6, 6.07) is 4.79. The molecule has 0 radical (unpaired) electrons. The summed E-state index contributed by atoms with van der Waals surface area (Å²) in [7, 11) is 3.05. The molecule has 4 aromatic rings. The van der Waals surface area contributed by atoms with E-state index in [4.69, 9.17) is 9.84 Å². The molecular formula is C28H36FN5O6S. The lowest BCUT2D eigenvalue weighted by atomic mass is 10.1. The van der Waals surface area contributed by atoms with Gasteiger partial charge in [-0.1, -0.05) is 11.3 Å². The lowest BCUT2D eigenvalue weighted by Crippen LogP contribution is -2.47. The number of hydrogen-bond acceptors (Lipinski definition) is 8. The van der Waals surface area contributed by atoms with Crippen molar-refractivity contribution < 1.29 is 23.8 Å². The molecule has 4 rings (SSSR count). The first-order valence-electron chi connectivity index (χ1n) is 13.1. The molecule has 0 spiro atoms. The van der Waals surface area contributed by atoms with Crippen LogP contribution in [-0.2, 0) is 22.5 Å². The third-order valence-electron chi connectivity index (χ3n) is 6.27. The number of hydrogen-bond donors (Lipinski definition) is 2. The lowest BCUT2D eigenvalue weighted by molar-refractivity contribution is -0.124. The first-order chi connectivity index (χ1) is 19.5. The number of amides is 1. The van der Waals surface area contributed by atoms with Gasteiger partial charge < -0.3 is 19.9 Å². The van der Waals surface area contributed by atoms with Crippen molar-refractivity contribution in [2.45, 2.75) is 52.7 Å². The van der Waals surface area contributed by atoms with Gasteiger partial charge in [-0.15, -0.1) is 0 Å². The van der Waals surface area contributed by atoms with E-state index in [0.29, 0.717) is 38.7 Å². The van der Waals surface area contributed by atoms with Crippen LogP contribution in [0.1, 0.15) is 37.9 Å². The molecule has 11 nitrogen and oxygen atoms in total. The minimum atomic E-state index is -1.03. The molecule has 1 aromatic carbocycles. The SMILES string of the molecule is COCCO.COc1ccc(F)cc1CCn1c(=O)n(C(C)C(=O)NC(C)C)c(=O)c2c(C)c(-n3cccn3)sc21. The van der Waals surface area contributed by atoms with E-state index >= 15 is 0 Å². The average Bonchev–Trinajstić information content (AvgIpc) is 3.57. The van der Waals surface area contributed by atoms with Crippen LogP contribution in [0.4, 0.5) is 4.39 Å². The number of benzene rings is 1. The van der Waals surface area contributed by atoms with E-state index in [2.05, 4.69) is 15.2 Å². The summed E-state index contributed by atoms with van der Waals surface area (Å²) in [4.78, 5) is 40.6. The summed E-state index contributed by atoms with van der Waals surface area (Å²) in [6.45, 7) is 7.65. The van der Waals surface area contributed by atoms with E-state index in [-0.39, 0.29) is 25.6 Å². The van der Waals surface area contributed by atoms with Crippen LogP contribution in [0.3, 0.4) is 0 Å². The third-order valence-corrected chi connectivity index (χ3v) is 7.58. The summed E-state index contributed by atoms with van der Waals surface area (Å²) in [5.41, 5.74) is 0.100. The molecule has 2 N–H and O–H groups in total. The molecule has 13 heteroatoms. The topological polar surface area (TPSA) is 130 Å². The average molecular weight is 590 g/mol. The molecule has 41 heavy (non-hydrogen) atoms. The van der Waals surface area contributed by atoms with E-state index in [1.807, 2.05) is 0 Å². The van der Waals surface area contributed by atoms with Crippen molar-refractivity contribution in [3.05, 3.63) is 74.4 Å². The van der Waals surface area contributed by atoms with Crippen molar-refractivity contribution in [2.24, 2.45) is 0 Å². The number of thiophene rings is 1. The smallest absolute Gasteiger partial charge is 0.332 e. The fourth-order valence-electron chi connectivity index (χ4n) is 4.29. The number of rotatable bonds is 10. The number of aliphatic hydroxyl groups is 1. The Balaban J connectivity index is 0.000000850. The highest BCUT2D eigenvalue weighted by atomic mass is 32.1. The number of nitrogens with zero attached hydrogens (tertiary/aromatic N) is 4. The lowest BCUT2D eigenvalue weighted by Gasteiger charge is -2.19. The van der Waals surface area contributed by atoms with Gasteiger partial charge in [0.1, 0.15) is 27.4 Å². The van der Waals surface area contributed by atoms with Gasteiger partial charge in [0.05, 0.1) is 25.7 Å². The molecule has 0 aliphatic heterocycles. The van der Waals surface area contributed by atoms with Crippen LogP contribution in [0.5, 0.6) is 5.75 Å². The predicted molar refractivity (Wildman–Crippen MR) is 156 cm³/mol. The maximum Gasteiger partial charge on any atom is 0.332 e. The van der Waals surface area contributed by atoms with Crippen LogP contribution in [0.25, 0.3) is 15.2 Å². The molecule has 0 bridgehead atoms. The van der Waals surface area contributed by atoms with Crippen molar-refractivity contribution in [1.82, 2.24) is 24.2 Å². The molecule has 0 saturated carbocycles. The van der Waals surface area contributed by atoms with Gasteiger partial charge in [-0.2, -0.15) is 5.10 Å². The number of methoxy groups -OCH3 is 2. The molecule has 0 saturated heterocycles. The maximum absolute atomic E-state index is 13.9. The number of aliphatic hydroxyl groups excluding tert-OH is 1. The normalized spacial score (nSPS) is 11.8. The Labute approximate surface area is 240 Å². The number of carbonyl (C=O) groups is 1. The molecule has 1 amide bonds. The number of nitrogens with one attached hydrogen (secondary N) is 1. The zero-order valence-corrected chi connectivity index (χ0v) is 24.8. The number of fused-ring (bicyclic) bond motifs is 1. The molecule has 222 valence electrons.